The number of fused-ring (bicyclic) bond motifs is 3. The van der Waals surface area contributed by atoms with Gasteiger partial charge in [-0.1, -0.05) is 67.8 Å². The van der Waals surface area contributed by atoms with E-state index in [0.29, 0.717) is 12.2 Å². The summed E-state index contributed by atoms with van der Waals surface area (Å²) in [7, 11) is 0. The van der Waals surface area contributed by atoms with E-state index in [-0.39, 0.29) is 23.9 Å². The molecule has 5 heteroatoms. The van der Waals surface area contributed by atoms with E-state index in [1.54, 1.807) is 0 Å². The minimum absolute atomic E-state index is 0.0519. The van der Waals surface area contributed by atoms with Gasteiger partial charge in [0, 0.05) is 16.9 Å². The molecule has 1 aliphatic carbocycles. The number of nitrogens with zero attached hydrogens (tertiary/aromatic N) is 2. The summed E-state index contributed by atoms with van der Waals surface area (Å²) in [5, 5.41) is 4.34. The normalized spacial score (nSPS) is 22.6. The molecule has 0 saturated heterocycles. The fourth-order valence-corrected chi connectivity index (χ4v) is 5.54. The van der Waals surface area contributed by atoms with Crippen LogP contribution in [0.5, 0.6) is 0 Å². The fourth-order valence-electron chi connectivity index (χ4n) is 5.54. The van der Waals surface area contributed by atoms with Crippen molar-refractivity contribution in [2.45, 2.75) is 70.1 Å². The van der Waals surface area contributed by atoms with Crippen molar-refractivity contribution in [1.82, 2.24) is 14.8 Å². The summed E-state index contributed by atoms with van der Waals surface area (Å²) >= 11 is 0. The van der Waals surface area contributed by atoms with Crippen molar-refractivity contribution in [1.29, 1.82) is 0 Å². The molecule has 5 nitrogen and oxygen atoms in total. The number of hydrogen-bond acceptors (Lipinski definition) is 2. The zero-order valence-corrected chi connectivity index (χ0v) is 18.9. The lowest BCUT2D eigenvalue weighted by atomic mass is 9.89. The van der Waals surface area contributed by atoms with Crippen LogP contribution in [0.3, 0.4) is 0 Å². The largest absolute Gasteiger partial charge is 0.351 e. The Morgan fingerprint density at radius 1 is 1.03 bits per heavy atom. The zero-order chi connectivity index (χ0) is 22.3. The third-order valence-corrected chi connectivity index (χ3v) is 7.35. The Hall–Kier alpha value is -3.08. The number of carbonyl (C=O) groups is 2. The third kappa shape index (κ3) is 3.40. The molecule has 3 aromatic rings. The van der Waals surface area contributed by atoms with Crippen molar-refractivity contribution in [2.75, 3.05) is 0 Å². The Bertz CT molecular complexity index is 1150. The first-order chi connectivity index (χ1) is 15.5. The highest BCUT2D eigenvalue weighted by Gasteiger charge is 2.50. The molecular formula is C27H31N3O2. The monoisotopic (exact) mass is 429 g/mol. The number of aromatic nitrogens is 1. The quantitative estimate of drug-likeness (QED) is 0.630. The average molecular weight is 430 g/mol. The molecule has 1 saturated carbocycles. The van der Waals surface area contributed by atoms with Gasteiger partial charge in [0.2, 0.25) is 5.91 Å². The van der Waals surface area contributed by atoms with Crippen LogP contribution in [0.2, 0.25) is 0 Å². The predicted molar refractivity (Wildman–Crippen MR) is 126 cm³/mol. The molecule has 2 atom stereocenters. The molecule has 0 spiro atoms. The van der Waals surface area contributed by atoms with E-state index < -0.39 is 5.54 Å². The summed E-state index contributed by atoms with van der Waals surface area (Å²) in [5.74, 6) is -0.144. The molecule has 2 aromatic carbocycles. The lowest BCUT2D eigenvalue weighted by molar-refractivity contribution is -0.135. The van der Waals surface area contributed by atoms with Crippen LogP contribution in [0.1, 0.15) is 68.0 Å². The van der Waals surface area contributed by atoms with E-state index in [0.717, 1.165) is 42.1 Å². The molecule has 1 aliphatic heterocycles. The molecule has 2 unspecified atom stereocenters. The van der Waals surface area contributed by atoms with E-state index in [1.165, 1.54) is 6.42 Å². The number of nitrogens with one attached hydrogen (secondary N) is 1. The van der Waals surface area contributed by atoms with Crippen molar-refractivity contribution < 1.29 is 9.59 Å². The average Bonchev–Trinajstić information content (AvgIpc) is 3.19. The van der Waals surface area contributed by atoms with Crippen molar-refractivity contribution in [2.24, 2.45) is 0 Å². The fraction of sp³-hybridized carbons (Fsp3) is 0.407. The number of para-hydroxylation sites is 1. The minimum Gasteiger partial charge on any atom is -0.351 e. The van der Waals surface area contributed by atoms with Crippen molar-refractivity contribution in [3.05, 3.63) is 71.9 Å². The van der Waals surface area contributed by atoms with Gasteiger partial charge in [-0.3, -0.25) is 9.59 Å². The van der Waals surface area contributed by atoms with Crippen LogP contribution < -0.4 is 5.32 Å². The summed E-state index contributed by atoms with van der Waals surface area (Å²) in [6, 6.07) is 20.0. The highest BCUT2D eigenvalue weighted by Crippen LogP contribution is 2.38. The van der Waals surface area contributed by atoms with Gasteiger partial charge in [0.1, 0.15) is 11.2 Å². The van der Waals surface area contributed by atoms with E-state index in [9.17, 15) is 9.59 Å². The Morgan fingerprint density at radius 3 is 2.47 bits per heavy atom. The number of rotatable bonds is 4. The Morgan fingerprint density at radius 2 is 1.72 bits per heavy atom. The number of benzene rings is 2. The third-order valence-electron chi connectivity index (χ3n) is 7.35. The molecule has 2 amide bonds. The standard InChI is InChI=1S/C27H31N3O2/c1-19(20-11-5-3-6-12-20)30-25(31)24-17-21-13-9-10-16-23(21)29(24)18-27(30,2)26(32)28-22-14-7-4-8-15-22/h3,5-6,9-13,16-17,19,22H,4,7-8,14-15,18H2,1-2H3,(H,28,32). The van der Waals surface area contributed by atoms with Crippen LogP contribution in [-0.2, 0) is 11.3 Å². The van der Waals surface area contributed by atoms with Crippen LogP contribution in [0.15, 0.2) is 60.7 Å². The maximum absolute atomic E-state index is 13.9. The molecule has 1 fully saturated rings. The predicted octanol–water partition coefficient (Wildman–Crippen LogP) is 5.07. The molecule has 5 rings (SSSR count). The van der Waals surface area contributed by atoms with Gasteiger partial charge in [0.05, 0.1) is 12.6 Å². The second kappa shape index (κ2) is 8.12. The Labute approximate surface area is 189 Å². The van der Waals surface area contributed by atoms with E-state index in [2.05, 4.69) is 5.32 Å². The lowest BCUT2D eigenvalue weighted by Crippen LogP contribution is -2.65. The first kappa shape index (κ1) is 20.8. The number of carbonyl (C=O) groups excluding carboxylic acids is 2. The molecule has 2 heterocycles. The van der Waals surface area contributed by atoms with Gasteiger partial charge in [-0.25, -0.2) is 0 Å². The molecule has 0 radical (unpaired) electrons. The van der Waals surface area contributed by atoms with Gasteiger partial charge in [-0.15, -0.1) is 0 Å². The summed E-state index contributed by atoms with van der Waals surface area (Å²) in [5.41, 5.74) is 1.69. The highest BCUT2D eigenvalue weighted by atomic mass is 16.2. The minimum atomic E-state index is -0.988. The van der Waals surface area contributed by atoms with Gasteiger partial charge in [-0.2, -0.15) is 0 Å². The van der Waals surface area contributed by atoms with Gasteiger partial charge in [0.25, 0.3) is 5.91 Å². The topological polar surface area (TPSA) is 54.3 Å². The van der Waals surface area contributed by atoms with Crippen LogP contribution >= 0.6 is 0 Å². The molecular weight excluding hydrogens is 398 g/mol. The SMILES string of the molecule is CC(c1ccccc1)N1C(=O)c2cc3ccccc3n2CC1(C)C(=O)NC1CCCCC1. The van der Waals surface area contributed by atoms with Crippen molar-refractivity contribution >= 4 is 22.7 Å². The Balaban J connectivity index is 1.59. The molecule has 1 aromatic heterocycles. The number of amides is 2. The maximum Gasteiger partial charge on any atom is 0.271 e. The highest BCUT2D eigenvalue weighted by molar-refractivity contribution is 6.03. The number of hydrogen-bond donors (Lipinski definition) is 1. The van der Waals surface area contributed by atoms with Crippen molar-refractivity contribution in [3.8, 4) is 0 Å². The van der Waals surface area contributed by atoms with Crippen LogP contribution in [0.4, 0.5) is 0 Å². The van der Waals surface area contributed by atoms with Gasteiger partial charge in [-0.05, 0) is 44.4 Å². The summed E-state index contributed by atoms with van der Waals surface area (Å²) < 4.78 is 2.03. The molecule has 166 valence electrons. The summed E-state index contributed by atoms with van der Waals surface area (Å²) in [4.78, 5) is 29.6. The smallest absolute Gasteiger partial charge is 0.271 e. The molecule has 1 N–H and O–H groups in total. The maximum atomic E-state index is 13.9. The van der Waals surface area contributed by atoms with E-state index >= 15 is 0 Å². The zero-order valence-electron chi connectivity index (χ0n) is 18.9. The first-order valence-corrected chi connectivity index (χ1v) is 11.8. The van der Waals surface area contributed by atoms with E-state index in [4.69, 9.17) is 0 Å². The van der Waals surface area contributed by atoms with Gasteiger partial charge in [0.15, 0.2) is 0 Å². The van der Waals surface area contributed by atoms with Gasteiger partial charge < -0.3 is 14.8 Å². The van der Waals surface area contributed by atoms with E-state index in [1.807, 2.05) is 84.0 Å². The lowest BCUT2D eigenvalue weighted by Gasteiger charge is -2.47. The molecule has 0 bridgehead atoms. The van der Waals surface area contributed by atoms with Gasteiger partial charge >= 0.3 is 0 Å². The second-order valence-corrected chi connectivity index (χ2v) is 9.52. The first-order valence-electron chi connectivity index (χ1n) is 11.8. The summed E-state index contributed by atoms with van der Waals surface area (Å²) in [6.45, 7) is 4.40. The second-order valence-electron chi connectivity index (χ2n) is 9.52. The van der Waals surface area contributed by atoms with Crippen LogP contribution in [-0.4, -0.2) is 32.9 Å². The Kier molecular flexibility index (Phi) is 5.28. The van der Waals surface area contributed by atoms with Crippen LogP contribution in [0.25, 0.3) is 10.9 Å². The molecule has 32 heavy (non-hydrogen) atoms. The van der Waals surface area contributed by atoms with Crippen LogP contribution in [0, 0.1) is 0 Å². The van der Waals surface area contributed by atoms with Crippen molar-refractivity contribution in [3.63, 3.8) is 0 Å². The molecule has 2 aliphatic rings. The summed E-state index contributed by atoms with van der Waals surface area (Å²) in [6.07, 6.45) is 5.57.